The van der Waals surface area contributed by atoms with Crippen LogP contribution in [0.2, 0.25) is 0 Å². The maximum absolute atomic E-state index is 10.7. The molecule has 1 aromatic rings. The lowest BCUT2D eigenvalue weighted by molar-refractivity contribution is 0.160. The summed E-state index contributed by atoms with van der Waals surface area (Å²) in [6.07, 6.45) is 15.4. The van der Waals surface area contributed by atoms with Gasteiger partial charge < -0.3 is 15.5 Å². The first-order valence-electron chi connectivity index (χ1n) is 12.2. The van der Waals surface area contributed by atoms with Gasteiger partial charge in [-0.1, -0.05) is 64.7 Å². The van der Waals surface area contributed by atoms with Crippen molar-refractivity contribution in [3.63, 3.8) is 0 Å². The van der Waals surface area contributed by atoms with Crippen LogP contribution in [0.25, 0.3) is 0 Å². The third-order valence-electron chi connectivity index (χ3n) is 6.59. The second-order valence-electron chi connectivity index (χ2n) is 10.8. The Hall–Kier alpha value is -0.870. The van der Waals surface area contributed by atoms with E-state index in [9.17, 15) is 10.2 Å². The van der Waals surface area contributed by atoms with Gasteiger partial charge >= 0.3 is 0 Å². The van der Waals surface area contributed by atoms with Crippen LogP contribution >= 0.6 is 11.8 Å². The van der Waals surface area contributed by atoms with Crippen molar-refractivity contribution in [1.82, 2.24) is 9.40 Å². The Labute approximate surface area is 189 Å². The fourth-order valence-electron chi connectivity index (χ4n) is 5.57. The van der Waals surface area contributed by atoms with Crippen LogP contribution < -0.4 is 5.32 Å². The monoisotopic (exact) mass is 440 g/mol. The molecule has 0 saturated carbocycles. The summed E-state index contributed by atoms with van der Waals surface area (Å²) >= 11 is 6.20. The van der Waals surface area contributed by atoms with Crippen LogP contribution in [0.4, 0.5) is 0 Å². The molecular formula is C25H45ClN2O2. The van der Waals surface area contributed by atoms with E-state index in [0.717, 1.165) is 47.3 Å². The highest BCUT2D eigenvalue weighted by Gasteiger charge is 2.41. The summed E-state index contributed by atoms with van der Waals surface area (Å²) in [5, 5.41) is 25.0. The summed E-state index contributed by atoms with van der Waals surface area (Å²) in [5.74, 6) is 0.226. The second kappa shape index (κ2) is 11.1. The number of hydrogen-bond donors (Lipinski definition) is 3. The van der Waals surface area contributed by atoms with Crippen LogP contribution in [0.3, 0.4) is 0 Å². The average molecular weight is 441 g/mol. The Morgan fingerprint density at radius 1 is 0.833 bits per heavy atom. The molecule has 1 aliphatic rings. The van der Waals surface area contributed by atoms with Crippen LogP contribution in [0.1, 0.15) is 129 Å². The molecule has 1 aliphatic heterocycles. The summed E-state index contributed by atoms with van der Waals surface area (Å²) in [5.41, 5.74) is 1.65. The number of piperidine rings is 1. The van der Waals surface area contributed by atoms with Crippen LogP contribution in [-0.4, -0.2) is 25.4 Å². The molecule has 1 aromatic heterocycles. The predicted molar refractivity (Wildman–Crippen MR) is 128 cm³/mol. The lowest BCUT2D eigenvalue weighted by Gasteiger charge is -2.46. The zero-order valence-electron chi connectivity index (χ0n) is 20.0. The molecule has 1 fully saturated rings. The Morgan fingerprint density at radius 2 is 1.30 bits per heavy atom. The lowest BCUT2D eigenvalue weighted by Crippen LogP contribution is -2.57. The lowest BCUT2D eigenvalue weighted by atomic mass is 9.72. The summed E-state index contributed by atoms with van der Waals surface area (Å²) in [6, 6.07) is 0. The number of rotatable bonds is 12. The van der Waals surface area contributed by atoms with Crippen LogP contribution in [0, 0.1) is 0 Å². The van der Waals surface area contributed by atoms with Gasteiger partial charge in [0.2, 0.25) is 11.8 Å². The Kier molecular flexibility index (Phi) is 9.42. The van der Waals surface area contributed by atoms with Crippen LogP contribution in [0.15, 0.2) is 0 Å². The zero-order chi connectivity index (χ0) is 22.4. The topological polar surface area (TPSA) is 57.4 Å². The first-order chi connectivity index (χ1) is 14.1. The van der Waals surface area contributed by atoms with Crippen molar-refractivity contribution in [1.29, 1.82) is 0 Å². The molecule has 1 saturated heterocycles. The highest BCUT2D eigenvalue weighted by atomic mass is 35.5. The number of nitrogens with one attached hydrogen (secondary N) is 1. The smallest absolute Gasteiger partial charge is 0.213 e. The van der Waals surface area contributed by atoms with Gasteiger partial charge in [-0.2, -0.15) is 4.09 Å². The molecule has 2 rings (SSSR count). The van der Waals surface area contributed by atoms with E-state index in [2.05, 4.69) is 39.9 Å². The molecule has 0 bridgehead atoms. The number of unbranched alkanes of at least 4 members (excludes halogenated alkanes) is 9. The number of nitrogens with zero attached hydrogens (tertiary/aromatic N) is 1. The van der Waals surface area contributed by atoms with E-state index in [4.69, 9.17) is 11.8 Å². The minimum absolute atomic E-state index is 0.0224. The summed E-state index contributed by atoms with van der Waals surface area (Å²) in [7, 11) is 0. The highest BCUT2D eigenvalue weighted by Crippen LogP contribution is 2.47. The van der Waals surface area contributed by atoms with Gasteiger partial charge in [-0.15, -0.1) is 0 Å². The van der Waals surface area contributed by atoms with Gasteiger partial charge in [0.05, 0.1) is 0 Å². The van der Waals surface area contributed by atoms with Crippen molar-refractivity contribution in [3.05, 3.63) is 11.1 Å². The Balaban J connectivity index is 1.92. The maximum atomic E-state index is 10.7. The third-order valence-corrected chi connectivity index (χ3v) is 6.91. The van der Waals surface area contributed by atoms with E-state index in [1.807, 2.05) is 0 Å². The predicted octanol–water partition coefficient (Wildman–Crippen LogP) is 7.39. The molecule has 0 atom stereocenters. The molecule has 0 unspecified atom stereocenters. The molecule has 2 heterocycles. The fraction of sp³-hybridized carbons (Fsp3) is 0.840. The standard InChI is InChI=1S/C25H45ClN2O2/c1-6-7-8-9-10-11-12-13-14-15-16-20-21(23(30)28(26)22(20)29)19-17-24(2,3)27-25(4,5)18-19/h19,27,29-30H,6-18H2,1-5H3. The molecule has 3 N–H and O–H groups in total. The Bertz CT molecular complexity index is 651. The largest absolute Gasteiger partial charge is 0.493 e. The van der Waals surface area contributed by atoms with Crippen molar-refractivity contribution in [2.75, 3.05) is 0 Å². The van der Waals surface area contributed by atoms with Crippen molar-refractivity contribution in [2.24, 2.45) is 0 Å². The molecular weight excluding hydrogens is 396 g/mol. The highest BCUT2D eigenvalue weighted by molar-refractivity contribution is 6.17. The van der Waals surface area contributed by atoms with Gasteiger partial charge in [0, 0.05) is 34.0 Å². The SMILES string of the molecule is CCCCCCCCCCCCc1c(C2CC(C)(C)NC(C)(C)C2)c(O)n(Cl)c1O. The molecule has 0 spiro atoms. The van der Waals surface area contributed by atoms with E-state index in [-0.39, 0.29) is 28.8 Å². The van der Waals surface area contributed by atoms with Crippen molar-refractivity contribution < 1.29 is 10.2 Å². The fourth-order valence-corrected chi connectivity index (χ4v) is 5.76. The number of aromatic nitrogens is 1. The van der Waals surface area contributed by atoms with Gasteiger partial charge in [0.1, 0.15) is 0 Å². The molecule has 174 valence electrons. The molecule has 0 amide bonds. The maximum Gasteiger partial charge on any atom is 0.213 e. The Morgan fingerprint density at radius 3 is 1.80 bits per heavy atom. The molecule has 0 aromatic carbocycles. The van der Waals surface area contributed by atoms with E-state index in [1.54, 1.807) is 0 Å². The molecule has 5 heteroatoms. The van der Waals surface area contributed by atoms with Gasteiger partial charge in [-0.25, -0.2) is 0 Å². The first-order valence-corrected chi connectivity index (χ1v) is 12.5. The van der Waals surface area contributed by atoms with Crippen LogP contribution in [-0.2, 0) is 6.42 Å². The normalized spacial score (nSPS) is 18.7. The van der Waals surface area contributed by atoms with E-state index >= 15 is 0 Å². The van der Waals surface area contributed by atoms with E-state index < -0.39 is 0 Å². The number of aromatic hydroxyl groups is 2. The molecule has 0 radical (unpaired) electrons. The summed E-state index contributed by atoms with van der Waals surface area (Å²) in [6.45, 7) is 11.1. The summed E-state index contributed by atoms with van der Waals surface area (Å²) in [4.78, 5) is 0. The zero-order valence-corrected chi connectivity index (χ0v) is 20.7. The molecule has 30 heavy (non-hydrogen) atoms. The van der Waals surface area contributed by atoms with Crippen molar-refractivity contribution >= 4 is 11.8 Å². The average Bonchev–Trinajstić information content (AvgIpc) is 2.84. The van der Waals surface area contributed by atoms with E-state index in [1.165, 1.54) is 51.4 Å². The third kappa shape index (κ3) is 7.09. The summed E-state index contributed by atoms with van der Waals surface area (Å²) < 4.78 is 1.04. The van der Waals surface area contributed by atoms with Gasteiger partial charge in [-0.05, 0) is 59.3 Å². The molecule has 4 nitrogen and oxygen atoms in total. The molecule has 0 aliphatic carbocycles. The van der Waals surface area contributed by atoms with Crippen LogP contribution in [0.5, 0.6) is 11.8 Å². The second-order valence-corrected chi connectivity index (χ2v) is 11.1. The van der Waals surface area contributed by atoms with Gasteiger partial charge in [-0.3, -0.25) is 0 Å². The minimum atomic E-state index is -0.0305. The van der Waals surface area contributed by atoms with Crippen molar-refractivity contribution in [3.8, 4) is 11.8 Å². The van der Waals surface area contributed by atoms with Gasteiger partial charge in [0.15, 0.2) is 0 Å². The quantitative estimate of drug-likeness (QED) is 0.297. The van der Waals surface area contributed by atoms with Gasteiger partial charge in [0.25, 0.3) is 0 Å². The minimum Gasteiger partial charge on any atom is -0.493 e. The first kappa shape index (κ1) is 25.4. The van der Waals surface area contributed by atoms with E-state index in [0.29, 0.717) is 0 Å². The number of hydrogen-bond acceptors (Lipinski definition) is 3. The number of halogens is 1. The van der Waals surface area contributed by atoms with Crippen molar-refractivity contribution in [2.45, 2.75) is 135 Å².